The molecule has 4 aliphatic carbocycles. The number of hydrogen-bond donors (Lipinski definition) is 1. The molecule has 0 radical (unpaired) electrons. The van der Waals surface area contributed by atoms with E-state index in [0.717, 1.165) is 37.5 Å². The molecule has 3 unspecified atom stereocenters. The number of ether oxygens (including phenoxy) is 3. The van der Waals surface area contributed by atoms with Crippen molar-refractivity contribution in [1.82, 2.24) is 0 Å². The van der Waals surface area contributed by atoms with Gasteiger partial charge in [-0.1, -0.05) is 6.92 Å². The van der Waals surface area contributed by atoms with E-state index in [4.69, 9.17) is 14.2 Å². The molecule has 3 atom stereocenters. The highest BCUT2D eigenvalue weighted by Gasteiger charge is 2.59. The Labute approximate surface area is 220 Å². The summed E-state index contributed by atoms with van der Waals surface area (Å²) >= 11 is 0. The first kappa shape index (κ1) is 27.9. The van der Waals surface area contributed by atoms with Crippen LogP contribution < -0.4 is 0 Å². The Balaban J connectivity index is 1.57. The second-order valence-electron chi connectivity index (χ2n) is 13.7. The lowest BCUT2D eigenvalue weighted by molar-refractivity contribution is -0.214. The molecule has 1 heterocycles. The molecule has 0 aromatic heterocycles. The maximum atomic E-state index is 13.9. The van der Waals surface area contributed by atoms with Crippen LogP contribution in [0.5, 0.6) is 0 Å². The van der Waals surface area contributed by atoms with Gasteiger partial charge in [0.2, 0.25) is 6.10 Å². The van der Waals surface area contributed by atoms with Crippen molar-refractivity contribution in [1.29, 1.82) is 0 Å². The predicted octanol–water partition coefficient (Wildman–Crippen LogP) is 4.92. The average Bonchev–Trinajstić information content (AvgIpc) is 3.20. The fraction of sp³-hybridized carbons (Fsp3) is 0.862. The lowest BCUT2D eigenvalue weighted by Crippen LogP contribution is -2.59. The van der Waals surface area contributed by atoms with Crippen LogP contribution in [0.25, 0.3) is 0 Å². The van der Waals surface area contributed by atoms with Crippen molar-refractivity contribution in [3.63, 3.8) is 0 Å². The Morgan fingerprint density at radius 2 is 1.51 bits per heavy atom. The molecule has 5 fully saturated rings. The molecule has 0 aromatic rings. The van der Waals surface area contributed by atoms with Crippen LogP contribution in [0.15, 0.2) is 0 Å². The number of rotatable bonds is 10. The number of carbonyl (C=O) groups excluding carboxylic acids is 3. The van der Waals surface area contributed by atoms with Crippen LogP contribution in [0.3, 0.4) is 0 Å². The summed E-state index contributed by atoms with van der Waals surface area (Å²) in [7, 11) is 0. The molecule has 4 saturated carbocycles. The lowest BCUT2D eigenvalue weighted by Gasteiger charge is -2.59. The Bertz CT molecular complexity index is 926. The van der Waals surface area contributed by atoms with Crippen molar-refractivity contribution in [2.75, 3.05) is 6.61 Å². The van der Waals surface area contributed by atoms with Gasteiger partial charge in [-0.05, 0) is 110 Å². The van der Waals surface area contributed by atoms with Gasteiger partial charge in [0.25, 0.3) is 0 Å². The standard InChI is InChI=1S/C29H44O8/c1-7-27(4,25(34)37-29(6)19-11-17-10-18(13-19)14-20(29)12-17)16-28(5,15-26(2,3)23(31)32)24(33)36-21-8-9-35-22(21)30/h17-21H,7-16H2,1-6H3,(H,31,32). The van der Waals surface area contributed by atoms with E-state index in [1.807, 2.05) is 6.92 Å². The number of cyclic esters (lactones) is 1. The normalized spacial score (nSPS) is 35.8. The van der Waals surface area contributed by atoms with Crippen LogP contribution in [0, 0.1) is 39.9 Å². The molecule has 4 bridgehead atoms. The van der Waals surface area contributed by atoms with Gasteiger partial charge in [-0.3, -0.25) is 14.4 Å². The van der Waals surface area contributed by atoms with Crippen molar-refractivity contribution in [2.24, 2.45) is 39.9 Å². The molecule has 5 aliphatic rings. The maximum absolute atomic E-state index is 13.9. The molecule has 0 amide bonds. The number of carbonyl (C=O) groups is 4. The molecular formula is C29H44O8. The zero-order valence-electron chi connectivity index (χ0n) is 23.3. The van der Waals surface area contributed by atoms with Crippen molar-refractivity contribution in [3.8, 4) is 0 Å². The van der Waals surface area contributed by atoms with E-state index in [2.05, 4.69) is 6.92 Å². The largest absolute Gasteiger partial charge is 0.481 e. The maximum Gasteiger partial charge on any atom is 0.347 e. The Morgan fingerprint density at radius 1 is 0.946 bits per heavy atom. The van der Waals surface area contributed by atoms with E-state index in [0.29, 0.717) is 18.3 Å². The summed E-state index contributed by atoms with van der Waals surface area (Å²) in [5, 5.41) is 9.83. The van der Waals surface area contributed by atoms with Gasteiger partial charge in [0.1, 0.15) is 5.60 Å². The molecular weight excluding hydrogens is 476 g/mol. The van der Waals surface area contributed by atoms with Crippen molar-refractivity contribution >= 4 is 23.9 Å². The highest BCUT2D eigenvalue weighted by atomic mass is 16.6. The zero-order chi connectivity index (χ0) is 27.4. The third-order valence-electron chi connectivity index (χ3n) is 10.2. The van der Waals surface area contributed by atoms with Crippen LogP contribution in [0.4, 0.5) is 0 Å². The fourth-order valence-electron chi connectivity index (χ4n) is 7.93. The molecule has 1 aliphatic heterocycles. The van der Waals surface area contributed by atoms with Gasteiger partial charge >= 0.3 is 23.9 Å². The summed E-state index contributed by atoms with van der Waals surface area (Å²) in [6.45, 7) is 10.7. The Kier molecular flexibility index (Phi) is 7.21. The number of esters is 3. The van der Waals surface area contributed by atoms with Crippen LogP contribution >= 0.6 is 0 Å². The van der Waals surface area contributed by atoms with Crippen molar-refractivity contribution in [3.05, 3.63) is 0 Å². The van der Waals surface area contributed by atoms with E-state index in [1.54, 1.807) is 27.7 Å². The summed E-state index contributed by atoms with van der Waals surface area (Å²) in [6.07, 6.45) is 5.41. The molecule has 0 spiro atoms. The van der Waals surface area contributed by atoms with Crippen LogP contribution in [-0.4, -0.2) is 47.3 Å². The predicted molar refractivity (Wildman–Crippen MR) is 134 cm³/mol. The zero-order valence-corrected chi connectivity index (χ0v) is 23.3. The van der Waals surface area contributed by atoms with Crippen LogP contribution in [0.2, 0.25) is 0 Å². The number of aliphatic carboxylic acids is 1. The minimum Gasteiger partial charge on any atom is -0.481 e. The highest BCUT2D eigenvalue weighted by Crippen LogP contribution is 2.60. The molecule has 37 heavy (non-hydrogen) atoms. The van der Waals surface area contributed by atoms with E-state index in [-0.39, 0.29) is 31.8 Å². The summed E-state index contributed by atoms with van der Waals surface area (Å²) in [4.78, 5) is 51.5. The third kappa shape index (κ3) is 5.14. The first-order valence-electron chi connectivity index (χ1n) is 14.0. The van der Waals surface area contributed by atoms with Gasteiger partial charge < -0.3 is 19.3 Å². The lowest BCUT2D eigenvalue weighted by atomic mass is 9.50. The Morgan fingerprint density at radius 3 is 1.97 bits per heavy atom. The molecule has 8 nitrogen and oxygen atoms in total. The first-order chi connectivity index (χ1) is 17.1. The minimum absolute atomic E-state index is 0.0509. The molecule has 5 rings (SSSR count). The molecule has 0 aromatic carbocycles. The summed E-state index contributed by atoms with van der Waals surface area (Å²) < 4.78 is 17.0. The van der Waals surface area contributed by atoms with Gasteiger partial charge in [0.15, 0.2) is 0 Å². The van der Waals surface area contributed by atoms with Gasteiger partial charge in [0.05, 0.1) is 22.9 Å². The molecule has 208 valence electrons. The topological polar surface area (TPSA) is 116 Å². The summed E-state index contributed by atoms with van der Waals surface area (Å²) in [5.74, 6) is -0.449. The molecule has 8 heteroatoms. The third-order valence-corrected chi connectivity index (χ3v) is 10.2. The number of hydrogen-bond acceptors (Lipinski definition) is 7. The minimum atomic E-state index is -1.33. The Hall–Kier alpha value is -2.12. The van der Waals surface area contributed by atoms with Crippen LogP contribution in [0.1, 0.15) is 99.3 Å². The van der Waals surface area contributed by atoms with E-state index >= 15 is 0 Å². The SMILES string of the molecule is CCC(C)(CC(C)(CC(C)(C)C(=O)O)C(=O)OC1CCOC1=O)C(=O)OC1(C)C2CC3CC(C2)CC1C3. The summed E-state index contributed by atoms with van der Waals surface area (Å²) in [6, 6.07) is 0. The fourth-order valence-corrected chi connectivity index (χ4v) is 7.93. The van der Waals surface area contributed by atoms with Gasteiger partial charge in [-0.15, -0.1) is 0 Å². The second kappa shape index (κ2) is 9.57. The first-order valence-corrected chi connectivity index (χ1v) is 14.0. The summed E-state index contributed by atoms with van der Waals surface area (Å²) in [5.41, 5.74) is -4.13. The smallest absolute Gasteiger partial charge is 0.347 e. The second-order valence-corrected chi connectivity index (χ2v) is 13.7. The number of carboxylic acids is 1. The molecule has 1 saturated heterocycles. The highest BCUT2D eigenvalue weighted by molar-refractivity contribution is 5.85. The van der Waals surface area contributed by atoms with Gasteiger partial charge in [0, 0.05) is 6.42 Å². The van der Waals surface area contributed by atoms with Crippen LogP contribution in [-0.2, 0) is 33.4 Å². The van der Waals surface area contributed by atoms with E-state index in [1.165, 1.54) is 6.42 Å². The van der Waals surface area contributed by atoms with Gasteiger partial charge in [-0.2, -0.15) is 0 Å². The van der Waals surface area contributed by atoms with E-state index in [9.17, 15) is 24.3 Å². The van der Waals surface area contributed by atoms with Crippen molar-refractivity contribution < 1.29 is 38.5 Å². The monoisotopic (exact) mass is 520 g/mol. The molecule has 1 N–H and O–H groups in total. The number of carboxylic acid groups (broad SMARTS) is 1. The van der Waals surface area contributed by atoms with E-state index < -0.39 is 45.9 Å². The van der Waals surface area contributed by atoms with Gasteiger partial charge in [-0.25, -0.2) is 4.79 Å². The quantitative estimate of drug-likeness (QED) is 0.319. The van der Waals surface area contributed by atoms with Crippen molar-refractivity contribution in [2.45, 2.75) is 111 Å². The average molecular weight is 521 g/mol.